The number of nitrogen functional groups attached to an aromatic ring is 1. The Morgan fingerprint density at radius 2 is 2.00 bits per heavy atom. The van der Waals surface area contributed by atoms with Crippen LogP contribution < -0.4 is 10.6 Å². The van der Waals surface area contributed by atoms with Crippen molar-refractivity contribution in [2.24, 2.45) is 7.05 Å². The molecule has 0 unspecified atom stereocenters. The Hall–Kier alpha value is -1.49. The van der Waals surface area contributed by atoms with Crippen molar-refractivity contribution in [2.75, 3.05) is 24.7 Å². The van der Waals surface area contributed by atoms with Gasteiger partial charge in [0.05, 0.1) is 11.4 Å². The third-order valence-corrected chi connectivity index (χ3v) is 3.28. The van der Waals surface area contributed by atoms with E-state index in [1.54, 1.807) is 4.68 Å². The van der Waals surface area contributed by atoms with Gasteiger partial charge >= 0.3 is 0 Å². The minimum Gasteiger partial charge on any atom is -0.384 e. The van der Waals surface area contributed by atoms with Gasteiger partial charge in [0.1, 0.15) is 5.82 Å². The molecule has 0 aliphatic rings. The number of nitrogens with zero attached hydrogens (tertiary/aromatic N) is 3. The number of aryl methyl sites for hydroxylation is 1. The quantitative estimate of drug-likeness (QED) is 0.926. The molecule has 0 fully saturated rings. The maximum Gasteiger partial charge on any atom is 0.121 e. The van der Waals surface area contributed by atoms with Crippen LogP contribution in [0.4, 0.5) is 11.5 Å². The average Bonchev–Trinajstić information content (AvgIpc) is 2.58. The van der Waals surface area contributed by atoms with E-state index in [-0.39, 0.29) is 0 Å². The van der Waals surface area contributed by atoms with Crippen molar-refractivity contribution in [1.29, 1.82) is 0 Å². The molecule has 0 amide bonds. The Morgan fingerprint density at radius 1 is 1.29 bits per heavy atom. The molecule has 1 aromatic heterocycles. The minimum atomic E-state index is 0.660. The number of nitrogens with two attached hydrogens (primary N) is 1. The second-order valence-corrected chi connectivity index (χ2v) is 4.99. The highest BCUT2D eigenvalue weighted by molar-refractivity contribution is 9.10. The largest absolute Gasteiger partial charge is 0.384 e. The fourth-order valence-corrected chi connectivity index (χ4v) is 2.39. The molecule has 0 aliphatic heterocycles. The second kappa shape index (κ2) is 4.41. The number of anilines is 2. The topological polar surface area (TPSA) is 47.1 Å². The van der Waals surface area contributed by atoms with Crippen LogP contribution in [0.1, 0.15) is 0 Å². The van der Waals surface area contributed by atoms with Crippen LogP contribution in [0.25, 0.3) is 11.3 Å². The molecule has 5 heteroatoms. The molecular weight excluding hydrogens is 280 g/mol. The fourth-order valence-electron chi connectivity index (χ4n) is 1.65. The van der Waals surface area contributed by atoms with Crippen LogP contribution in [0.3, 0.4) is 0 Å². The monoisotopic (exact) mass is 294 g/mol. The molecule has 0 atom stereocenters. The molecule has 2 rings (SSSR count). The summed E-state index contributed by atoms with van der Waals surface area (Å²) in [5, 5.41) is 4.35. The number of hydrogen-bond acceptors (Lipinski definition) is 3. The van der Waals surface area contributed by atoms with Gasteiger partial charge in [0.25, 0.3) is 0 Å². The molecule has 0 saturated heterocycles. The van der Waals surface area contributed by atoms with Crippen molar-refractivity contribution in [1.82, 2.24) is 9.78 Å². The van der Waals surface area contributed by atoms with Crippen molar-refractivity contribution >= 4 is 27.4 Å². The summed E-state index contributed by atoms with van der Waals surface area (Å²) in [7, 11) is 5.86. The van der Waals surface area contributed by atoms with E-state index < -0.39 is 0 Å². The van der Waals surface area contributed by atoms with Crippen molar-refractivity contribution in [3.05, 3.63) is 28.7 Å². The zero-order valence-corrected chi connectivity index (χ0v) is 11.7. The summed E-state index contributed by atoms with van der Waals surface area (Å²) in [6, 6.07) is 8.03. The molecule has 4 nitrogen and oxygen atoms in total. The minimum absolute atomic E-state index is 0.660. The Balaban J connectivity index is 2.44. The summed E-state index contributed by atoms with van der Waals surface area (Å²) in [6.07, 6.45) is 0. The van der Waals surface area contributed by atoms with Crippen LogP contribution in [-0.4, -0.2) is 23.9 Å². The first-order chi connectivity index (χ1) is 7.99. The average molecular weight is 295 g/mol. The van der Waals surface area contributed by atoms with Gasteiger partial charge in [0, 0.05) is 37.2 Å². The van der Waals surface area contributed by atoms with Crippen molar-refractivity contribution in [3.8, 4) is 11.3 Å². The summed E-state index contributed by atoms with van der Waals surface area (Å²) < 4.78 is 2.72. The van der Waals surface area contributed by atoms with E-state index in [1.807, 2.05) is 33.3 Å². The lowest BCUT2D eigenvalue weighted by Gasteiger charge is -2.14. The third kappa shape index (κ3) is 2.29. The molecule has 90 valence electrons. The number of hydrogen-bond donors (Lipinski definition) is 1. The van der Waals surface area contributed by atoms with Gasteiger partial charge in [-0.1, -0.05) is 6.07 Å². The van der Waals surface area contributed by atoms with Gasteiger partial charge in [0.15, 0.2) is 0 Å². The zero-order chi connectivity index (χ0) is 12.6. The molecule has 0 saturated carbocycles. The lowest BCUT2D eigenvalue weighted by molar-refractivity contribution is 0.782. The Morgan fingerprint density at radius 3 is 2.47 bits per heavy atom. The van der Waals surface area contributed by atoms with Crippen molar-refractivity contribution in [3.63, 3.8) is 0 Å². The highest BCUT2D eigenvalue weighted by atomic mass is 79.9. The lowest BCUT2D eigenvalue weighted by atomic mass is 10.1. The lowest BCUT2D eigenvalue weighted by Crippen LogP contribution is -2.09. The SMILES string of the molecule is CN(C)c1ccc(-c2cc(N)n(C)n2)cc1Br. The summed E-state index contributed by atoms with van der Waals surface area (Å²) >= 11 is 3.56. The molecule has 17 heavy (non-hydrogen) atoms. The highest BCUT2D eigenvalue weighted by Crippen LogP contribution is 2.30. The number of rotatable bonds is 2. The maximum atomic E-state index is 5.77. The third-order valence-electron chi connectivity index (χ3n) is 2.64. The molecule has 0 bridgehead atoms. The second-order valence-electron chi connectivity index (χ2n) is 4.14. The van der Waals surface area contributed by atoms with Gasteiger partial charge < -0.3 is 10.6 Å². The van der Waals surface area contributed by atoms with Crippen LogP contribution in [0.15, 0.2) is 28.7 Å². The number of halogens is 1. The molecular formula is C12H15BrN4. The fraction of sp³-hybridized carbons (Fsp3) is 0.250. The smallest absolute Gasteiger partial charge is 0.121 e. The molecule has 1 heterocycles. The predicted molar refractivity (Wildman–Crippen MR) is 75.1 cm³/mol. The molecule has 0 spiro atoms. The normalized spacial score (nSPS) is 10.6. The maximum absolute atomic E-state index is 5.77. The van der Waals surface area contributed by atoms with E-state index in [0.29, 0.717) is 5.82 Å². The number of aromatic nitrogens is 2. The Kier molecular flexibility index (Phi) is 3.11. The van der Waals surface area contributed by atoms with Gasteiger partial charge in [-0.15, -0.1) is 0 Å². The van der Waals surface area contributed by atoms with Gasteiger partial charge in [-0.3, -0.25) is 4.68 Å². The van der Waals surface area contributed by atoms with Gasteiger partial charge in [-0.25, -0.2) is 0 Å². The van der Waals surface area contributed by atoms with Crippen LogP contribution in [0, 0.1) is 0 Å². The highest BCUT2D eigenvalue weighted by Gasteiger charge is 2.08. The van der Waals surface area contributed by atoms with Crippen molar-refractivity contribution < 1.29 is 0 Å². The van der Waals surface area contributed by atoms with Gasteiger partial charge in [-0.05, 0) is 28.1 Å². The van der Waals surface area contributed by atoms with E-state index in [0.717, 1.165) is 21.4 Å². The Bertz CT molecular complexity index is 526. The molecule has 0 aliphatic carbocycles. The van der Waals surface area contributed by atoms with Crippen LogP contribution in [-0.2, 0) is 7.05 Å². The van der Waals surface area contributed by atoms with E-state index in [1.165, 1.54) is 0 Å². The van der Waals surface area contributed by atoms with Gasteiger partial charge in [-0.2, -0.15) is 5.10 Å². The zero-order valence-electron chi connectivity index (χ0n) is 10.1. The summed E-state index contributed by atoms with van der Waals surface area (Å²) in [6.45, 7) is 0. The van der Waals surface area contributed by atoms with E-state index in [2.05, 4.69) is 38.1 Å². The summed E-state index contributed by atoms with van der Waals surface area (Å²) in [5.41, 5.74) is 8.85. The van der Waals surface area contributed by atoms with E-state index >= 15 is 0 Å². The summed E-state index contributed by atoms with van der Waals surface area (Å²) in [4.78, 5) is 2.06. The van der Waals surface area contributed by atoms with Crippen molar-refractivity contribution in [2.45, 2.75) is 0 Å². The van der Waals surface area contributed by atoms with E-state index in [4.69, 9.17) is 5.73 Å². The van der Waals surface area contributed by atoms with Gasteiger partial charge in [0.2, 0.25) is 0 Å². The number of benzene rings is 1. The standard InChI is InChI=1S/C12H15BrN4/c1-16(2)11-5-4-8(6-9(11)13)10-7-12(14)17(3)15-10/h4-7H,14H2,1-3H3. The first kappa shape index (κ1) is 12.0. The summed E-state index contributed by atoms with van der Waals surface area (Å²) in [5.74, 6) is 0.660. The molecule has 2 N–H and O–H groups in total. The van der Waals surface area contributed by atoms with Crippen LogP contribution >= 0.6 is 15.9 Å². The molecule has 1 aromatic carbocycles. The molecule has 2 aromatic rings. The predicted octanol–water partition coefficient (Wildman–Crippen LogP) is 2.50. The molecule has 0 radical (unpaired) electrons. The van der Waals surface area contributed by atoms with Crippen LogP contribution in [0.2, 0.25) is 0 Å². The Labute approximate surface area is 109 Å². The first-order valence-corrected chi connectivity index (χ1v) is 6.05. The van der Waals surface area contributed by atoms with Crippen LogP contribution in [0.5, 0.6) is 0 Å². The first-order valence-electron chi connectivity index (χ1n) is 5.26. The van der Waals surface area contributed by atoms with E-state index in [9.17, 15) is 0 Å².